The maximum absolute atomic E-state index is 13.3. The normalized spacial score (nSPS) is 12.1. The summed E-state index contributed by atoms with van der Waals surface area (Å²) in [6.07, 6.45) is 1.90. The molecule has 0 aliphatic rings. The number of nitrogens with zero attached hydrogens (tertiary/aromatic N) is 2. The summed E-state index contributed by atoms with van der Waals surface area (Å²) in [7, 11) is -3.54. The summed E-state index contributed by atoms with van der Waals surface area (Å²) in [5, 5.41) is 2.77. The van der Waals surface area contributed by atoms with Gasteiger partial charge < -0.3 is 10.2 Å². The fraction of sp³-hybridized carbons (Fsp3) is 0.440. The largest absolute Gasteiger partial charge is 0.355 e. The number of anilines is 1. The van der Waals surface area contributed by atoms with Crippen LogP contribution in [-0.4, -0.2) is 50.5 Å². The number of nitrogens with one attached hydrogen (secondary N) is 1. The predicted molar refractivity (Wildman–Crippen MR) is 132 cm³/mol. The maximum Gasteiger partial charge on any atom is 0.242 e. The molecule has 0 heterocycles. The van der Waals surface area contributed by atoms with Gasteiger partial charge in [-0.1, -0.05) is 31.2 Å². The van der Waals surface area contributed by atoms with Crippen molar-refractivity contribution in [2.75, 3.05) is 23.7 Å². The Morgan fingerprint density at radius 2 is 1.76 bits per heavy atom. The van der Waals surface area contributed by atoms with Crippen LogP contribution in [0, 0.1) is 12.7 Å². The molecular formula is C25H34FN3O4S. The van der Waals surface area contributed by atoms with Crippen LogP contribution in [0.25, 0.3) is 0 Å². The second-order valence-electron chi connectivity index (χ2n) is 8.24. The fourth-order valence-corrected chi connectivity index (χ4v) is 4.74. The lowest BCUT2D eigenvalue weighted by atomic mass is 10.1. The van der Waals surface area contributed by atoms with Crippen molar-refractivity contribution in [3.8, 4) is 0 Å². The summed E-state index contributed by atoms with van der Waals surface area (Å²) >= 11 is 0. The van der Waals surface area contributed by atoms with Gasteiger partial charge in [0.15, 0.2) is 0 Å². The number of sulfonamides is 1. The highest BCUT2D eigenvalue weighted by Gasteiger charge is 2.28. The number of likely N-dealkylation sites (N-methyl/N-ethyl adjacent to an activating group) is 1. The van der Waals surface area contributed by atoms with E-state index in [1.807, 2.05) is 26.8 Å². The van der Waals surface area contributed by atoms with E-state index in [4.69, 9.17) is 0 Å². The van der Waals surface area contributed by atoms with E-state index in [1.54, 1.807) is 30.3 Å². The molecule has 34 heavy (non-hydrogen) atoms. The molecule has 0 saturated heterocycles. The monoisotopic (exact) mass is 491 g/mol. The lowest BCUT2D eigenvalue weighted by Crippen LogP contribution is -2.49. The summed E-state index contributed by atoms with van der Waals surface area (Å²) in [6.45, 7) is 6.25. The smallest absolute Gasteiger partial charge is 0.242 e. The van der Waals surface area contributed by atoms with Crippen molar-refractivity contribution in [3.05, 3.63) is 65.5 Å². The number of hydrogen-bond acceptors (Lipinski definition) is 4. The quantitative estimate of drug-likeness (QED) is 0.491. The summed E-state index contributed by atoms with van der Waals surface area (Å²) < 4.78 is 39.4. The average Bonchev–Trinajstić information content (AvgIpc) is 2.77. The molecule has 2 aromatic rings. The number of aryl methyl sites for hydroxylation is 1. The summed E-state index contributed by atoms with van der Waals surface area (Å²) in [5.41, 5.74) is 2.18. The zero-order valence-electron chi connectivity index (χ0n) is 20.3. The first-order valence-electron chi connectivity index (χ1n) is 11.4. The summed E-state index contributed by atoms with van der Waals surface area (Å²) in [6, 6.07) is 12.3. The molecule has 1 N–H and O–H groups in total. The van der Waals surface area contributed by atoms with Crippen LogP contribution in [0.15, 0.2) is 48.5 Å². The van der Waals surface area contributed by atoms with Crippen molar-refractivity contribution >= 4 is 27.5 Å². The van der Waals surface area contributed by atoms with Crippen LogP contribution in [0.5, 0.6) is 0 Å². The number of benzene rings is 2. The van der Waals surface area contributed by atoms with Crippen molar-refractivity contribution in [1.29, 1.82) is 0 Å². The number of carbonyl (C=O) groups is 2. The fourth-order valence-electron chi connectivity index (χ4n) is 3.79. The molecule has 7 nitrogen and oxygen atoms in total. The molecule has 0 spiro atoms. The van der Waals surface area contributed by atoms with Crippen molar-refractivity contribution in [1.82, 2.24) is 10.2 Å². The van der Waals surface area contributed by atoms with Gasteiger partial charge in [-0.25, -0.2) is 12.8 Å². The molecule has 0 radical (unpaired) electrons. The van der Waals surface area contributed by atoms with Crippen LogP contribution in [0.2, 0.25) is 0 Å². The molecule has 0 aliphatic carbocycles. The molecular weight excluding hydrogens is 457 g/mol. The van der Waals surface area contributed by atoms with Gasteiger partial charge in [0.1, 0.15) is 11.9 Å². The minimum absolute atomic E-state index is 0.0644. The molecule has 0 bridgehead atoms. The number of hydrogen-bond donors (Lipinski definition) is 1. The van der Waals surface area contributed by atoms with Gasteiger partial charge in [0.25, 0.3) is 0 Å². The highest BCUT2D eigenvalue weighted by atomic mass is 32.2. The van der Waals surface area contributed by atoms with Crippen LogP contribution in [0.1, 0.15) is 44.2 Å². The van der Waals surface area contributed by atoms with E-state index >= 15 is 0 Å². The Bertz CT molecular complexity index is 1070. The third-order valence-corrected chi connectivity index (χ3v) is 6.64. The van der Waals surface area contributed by atoms with E-state index in [9.17, 15) is 22.4 Å². The Morgan fingerprint density at radius 3 is 2.32 bits per heavy atom. The molecule has 2 aromatic carbocycles. The van der Waals surface area contributed by atoms with E-state index < -0.39 is 16.1 Å². The van der Waals surface area contributed by atoms with Gasteiger partial charge >= 0.3 is 0 Å². The average molecular weight is 492 g/mol. The Morgan fingerprint density at radius 1 is 1.09 bits per heavy atom. The minimum Gasteiger partial charge on any atom is -0.355 e. The zero-order valence-corrected chi connectivity index (χ0v) is 21.1. The summed E-state index contributed by atoms with van der Waals surface area (Å²) in [4.78, 5) is 27.4. The van der Waals surface area contributed by atoms with Crippen molar-refractivity contribution < 1.29 is 22.4 Å². The molecule has 2 rings (SSSR count). The Hall–Kier alpha value is -2.94. The van der Waals surface area contributed by atoms with Crippen molar-refractivity contribution in [3.63, 3.8) is 0 Å². The van der Waals surface area contributed by atoms with Crippen LogP contribution in [0.3, 0.4) is 0 Å². The van der Waals surface area contributed by atoms with Gasteiger partial charge in [0.05, 0.1) is 11.9 Å². The zero-order chi connectivity index (χ0) is 25.3. The van der Waals surface area contributed by atoms with Gasteiger partial charge in [-0.15, -0.1) is 0 Å². The third-order valence-electron chi connectivity index (χ3n) is 5.44. The number of halogens is 1. The molecule has 1 unspecified atom stereocenters. The van der Waals surface area contributed by atoms with E-state index in [2.05, 4.69) is 5.32 Å². The molecule has 186 valence electrons. The highest BCUT2D eigenvalue weighted by Crippen LogP contribution is 2.20. The lowest BCUT2D eigenvalue weighted by molar-refractivity contribution is -0.141. The van der Waals surface area contributed by atoms with Gasteiger partial charge in [-0.2, -0.15) is 0 Å². The number of carbonyl (C=O) groups excluding carboxylic acids is 2. The minimum atomic E-state index is -3.54. The van der Waals surface area contributed by atoms with E-state index in [0.29, 0.717) is 24.2 Å². The molecule has 2 amide bonds. The van der Waals surface area contributed by atoms with Gasteiger partial charge in [0.2, 0.25) is 21.8 Å². The SMILES string of the molecule is CCNC(=O)C(CC)N(Cc1ccc(F)cc1)C(=O)CCCN(c1cccc(C)c1)S(C)(=O)=O. The van der Waals surface area contributed by atoms with Crippen LogP contribution in [0.4, 0.5) is 10.1 Å². The topological polar surface area (TPSA) is 86.8 Å². The molecule has 0 saturated carbocycles. The third kappa shape index (κ3) is 7.83. The Kier molecular flexibility index (Phi) is 10.0. The first kappa shape index (κ1) is 27.3. The standard InChI is InChI=1S/C25H34FN3O4S/c1-5-23(25(31)27-6-2)28(18-20-12-14-21(26)15-13-20)24(30)11-8-16-29(34(4,32)33)22-10-7-9-19(3)17-22/h7,9-10,12-15,17,23H,5-6,8,11,16,18H2,1-4H3,(H,27,31). The van der Waals surface area contributed by atoms with E-state index in [1.165, 1.54) is 21.3 Å². The van der Waals surface area contributed by atoms with Crippen molar-refractivity contribution in [2.45, 2.75) is 52.6 Å². The van der Waals surface area contributed by atoms with Crippen LogP contribution in [-0.2, 0) is 26.2 Å². The number of rotatable bonds is 12. The molecule has 1 atom stereocenters. The predicted octanol–water partition coefficient (Wildman–Crippen LogP) is 3.62. The Balaban J connectivity index is 2.19. The second-order valence-corrected chi connectivity index (χ2v) is 10.2. The molecule has 0 aliphatic heterocycles. The molecule has 9 heteroatoms. The van der Waals surface area contributed by atoms with Crippen LogP contribution >= 0.6 is 0 Å². The first-order valence-corrected chi connectivity index (χ1v) is 13.3. The lowest BCUT2D eigenvalue weighted by Gasteiger charge is -2.31. The van der Waals surface area contributed by atoms with Crippen LogP contribution < -0.4 is 9.62 Å². The highest BCUT2D eigenvalue weighted by molar-refractivity contribution is 7.92. The molecule has 0 aromatic heterocycles. The van der Waals surface area contributed by atoms with Crippen molar-refractivity contribution in [2.24, 2.45) is 0 Å². The van der Waals surface area contributed by atoms with E-state index in [-0.39, 0.29) is 43.6 Å². The summed E-state index contributed by atoms with van der Waals surface area (Å²) in [5.74, 6) is -0.896. The Labute approximate surface area is 202 Å². The van der Waals surface area contributed by atoms with Gasteiger partial charge in [-0.05, 0) is 62.1 Å². The second kappa shape index (κ2) is 12.5. The maximum atomic E-state index is 13.3. The van der Waals surface area contributed by atoms with Gasteiger partial charge in [-0.3, -0.25) is 13.9 Å². The van der Waals surface area contributed by atoms with Gasteiger partial charge in [0, 0.05) is 26.1 Å². The van der Waals surface area contributed by atoms with E-state index in [0.717, 1.165) is 11.8 Å². The number of amides is 2. The molecule has 0 fully saturated rings. The first-order chi connectivity index (χ1) is 16.1.